The molecular weight excluding hydrogens is 344 g/mol. The second-order valence-corrected chi connectivity index (χ2v) is 7.15. The summed E-state index contributed by atoms with van der Waals surface area (Å²) in [7, 11) is 0. The van der Waals surface area contributed by atoms with Crippen LogP contribution in [-0.4, -0.2) is 33.4 Å². The van der Waals surface area contributed by atoms with Crippen LogP contribution in [0.15, 0.2) is 59.7 Å². The minimum atomic E-state index is -0.0894. The Kier molecular flexibility index (Phi) is 5.04. The van der Waals surface area contributed by atoms with Gasteiger partial charge in [-0.15, -0.1) is 11.3 Å². The first-order valence-electron chi connectivity index (χ1n) is 8.72. The van der Waals surface area contributed by atoms with Gasteiger partial charge in [-0.05, 0) is 43.1 Å². The number of carbonyl (C=O) groups excluding carboxylic acids is 1. The van der Waals surface area contributed by atoms with Crippen molar-refractivity contribution in [1.29, 1.82) is 0 Å². The van der Waals surface area contributed by atoms with E-state index in [1.807, 2.05) is 47.4 Å². The van der Waals surface area contributed by atoms with Crippen molar-refractivity contribution in [3.8, 4) is 11.3 Å². The Morgan fingerprint density at radius 3 is 2.88 bits per heavy atom. The average molecular weight is 364 g/mol. The first kappa shape index (κ1) is 16.9. The molecule has 0 bridgehead atoms. The minimum Gasteiger partial charge on any atom is -0.325 e. The Morgan fingerprint density at radius 2 is 2.15 bits per heavy atom. The molecular formula is C20H20N4OS. The molecule has 1 amide bonds. The molecule has 1 fully saturated rings. The molecule has 3 heterocycles. The Balaban J connectivity index is 1.40. The molecule has 132 valence electrons. The fourth-order valence-electron chi connectivity index (χ4n) is 3.34. The van der Waals surface area contributed by atoms with Crippen molar-refractivity contribution >= 4 is 22.9 Å². The molecule has 2 aromatic heterocycles. The van der Waals surface area contributed by atoms with Gasteiger partial charge in [0.2, 0.25) is 5.91 Å². The quantitative estimate of drug-likeness (QED) is 0.748. The van der Waals surface area contributed by atoms with Crippen molar-refractivity contribution in [3.05, 3.63) is 65.2 Å². The first-order chi connectivity index (χ1) is 12.8. The molecule has 1 N–H and O–H groups in total. The molecule has 0 aliphatic carbocycles. The summed E-state index contributed by atoms with van der Waals surface area (Å²) in [4.78, 5) is 23.5. The summed E-state index contributed by atoms with van der Waals surface area (Å²) < 4.78 is 0. The summed E-state index contributed by atoms with van der Waals surface area (Å²) in [5, 5.41) is 5.07. The van der Waals surface area contributed by atoms with Crippen LogP contribution in [0.1, 0.15) is 18.4 Å². The van der Waals surface area contributed by atoms with Gasteiger partial charge in [-0.1, -0.05) is 18.2 Å². The minimum absolute atomic E-state index is 0.0628. The molecule has 6 heteroatoms. The summed E-state index contributed by atoms with van der Waals surface area (Å²) in [5.74, 6) is 0.0628. The lowest BCUT2D eigenvalue weighted by Gasteiger charge is -2.23. The monoisotopic (exact) mass is 364 g/mol. The van der Waals surface area contributed by atoms with Crippen LogP contribution in [0.2, 0.25) is 0 Å². The highest BCUT2D eigenvalue weighted by Crippen LogP contribution is 2.24. The lowest BCUT2D eigenvalue weighted by Crippen LogP contribution is -2.39. The van der Waals surface area contributed by atoms with Gasteiger partial charge in [-0.2, -0.15) is 0 Å². The molecule has 1 unspecified atom stereocenters. The molecule has 1 atom stereocenters. The Labute approximate surface area is 156 Å². The summed E-state index contributed by atoms with van der Waals surface area (Å²) >= 11 is 1.58. The number of likely N-dealkylation sites (tertiary alicyclic amines) is 1. The van der Waals surface area contributed by atoms with Crippen molar-refractivity contribution in [2.75, 3.05) is 11.9 Å². The molecule has 3 aromatic rings. The fraction of sp³-hybridized carbons (Fsp3) is 0.250. The normalized spacial score (nSPS) is 17.3. The van der Waals surface area contributed by atoms with Crippen molar-refractivity contribution in [2.45, 2.75) is 25.4 Å². The predicted octanol–water partition coefficient (Wildman–Crippen LogP) is 3.81. The number of anilines is 1. The maximum Gasteiger partial charge on any atom is 0.241 e. The zero-order chi connectivity index (χ0) is 17.8. The van der Waals surface area contributed by atoms with E-state index in [9.17, 15) is 4.79 Å². The Morgan fingerprint density at radius 1 is 1.27 bits per heavy atom. The zero-order valence-electron chi connectivity index (χ0n) is 14.3. The number of amides is 1. The maximum atomic E-state index is 12.7. The molecule has 26 heavy (non-hydrogen) atoms. The largest absolute Gasteiger partial charge is 0.325 e. The lowest BCUT2D eigenvalue weighted by atomic mass is 10.1. The van der Waals surface area contributed by atoms with E-state index in [4.69, 9.17) is 0 Å². The number of hydrogen-bond donors (Lipinski definition) is 1. The number of rotatable bonds is 5. The molecule has 1 aromatic carbocycles. The Hall–Kier alpha value is -2.57. The fourth-order valence-corrected chi connectivity index (χ4v) is 3.90. The summed E-state index contributed by atoms with van der Waals surface area (Å²) in [6, 6.07) is 11.8. The highest BCUT2D eigenvalue weighted by molar-refractivity contribution is 7.07. The highest BCUT2D eigenvalue weighted by Gasteiger charge is 2.30. The highest BCUT2D eigenvalue weighted by atomic mass is 32.1. The number of nitrogens with zero attached hydrogens (tertiary/aromatic N) is 3. The third-order valence-electron chi connectivity index (χ3n) is 4.66. The van der Waals surface area contributed by atoms with Gasteiger partial charge in [-0.3, -0.25) is 14.7 Å². The van der Waals surface area contributed by atoms with Crippen LogP contribution < -0.4 is 5.32 Å². The second-order valence-electron chi connectivity index (χ2n) is 6.43. The van der Waals surface area contributed by atoms with Gasteiger partial charge in [0.25, 0.3) is 0 Å². The van der Waals surface area contributed by atoms with Crippen molar-refractivity contribution in [3.63, 3.8) is 0 Å². The maximum absolute atomic E-state index is 12.7. The molecule has 1 aliphatic rings. The molecule has 4 rings (SSSR count). The van der Waals surface area contributed by atoms with Gasteiger partial charge in [-0.25, -0.2) is 4.98 Å². The van der Waals surface area contributed by atoms with Crippen molar-refractivity contribution in [2.24, 2.45) is 0 Å². The molecule has 0 spiro atoms. The SMILES string of the molecule is O=C(Nc1ccc(-c2cscn2)cc1)C1CCCN1Cc1cccnc1. The van der Waals surface area contributed by atoms with Crippen LogP contribution >= 0.6 is 11.3 Å². The van der Waals surface area contributed by atoms with E-state index in [0.29, 0.717) is 0 Å². The lowest BCUT2D eigenvalue weighted by molar-refractivity contribution is -0.120. The molecule has 5 nitrogen and oxygen atoms in total. The van der Waals surface area contributed by atoms with Crippen LogP contribution in [0.4, 0.5) is 5.69 Å². The van der Waals surface area contributed by atoms with E-state index in [0.717, 1.165) is 48.4 Å². The van der Waals surface area contributed by atoms with Gasteiger partial charge in [0, 0.05) is 35.6 Å². The summed E-state index contributed by atoms with van der Waals surface area (Å²) in [6.45, 7) is 1.70. The van der Waals surface area contributed by atoms with E-state index in [-0.39, 0.29) is 11.9 Å². The Bertz CT molecular complexity index is 849. The van der Waals surface area contributed by atoms with Crippen molar-refractivity contribution in [1.82, 2.24) is 14.9 Å². The smallest absolute Gasteiger partial charge is 0.241 e. The number of benzene rings is 1. The van der Waals surface area contributed by atoms with Crippen molar-refractivity contribution < 1.29 is 4.79 Å². The molecule has 1 aliphatic heterocycles. The third-order valence-corrected chi connectivity index (χ3v) is 5.24. The molecule has 1 saturated heterocycles. The number of thiazole rings is 1. The second kappa shape index (κ2) is 7.76. The van der Waals surface area contributed by atoms with Crippen LogP contribution in [0.5, 0.6) is 0 Å². The van der Waals surface area contributed by atoms with E-state index >= 15 is 0 Å². The predicted molar refractivity (Wildman–Crippen MR) is 104 cm³/mol. The summed E-state index contributed by atoms with van der Waals surface area (Å²) in [5.41, 5.74) is 5.80. The van der Waals surface area contributed by atoms with Crippen LogP contribution in [0.3, 0.4) is 0 Å². The number of nitrogens with one attached hydrogen (secondary N) is 1. The number of aromatic nitrogens is 2. The third kappa shape index (κ3) is 3.81. The van der Waals surface area contributed by atoms with E-state index in [1.54, 1.807) is 17.5 Å². The van der Waals surface area contributed by atoms with Gasteiger partial charge in [0.05, 0.1) is 17.2 Å². The number of hydrogen-bond acceptors (Lipinski definition) is 5. The van der Waals surface area contributed by atoms with E-state index in [2.05, 4.69) is 26.3 Å². The number of pyridine rings is 1. The average Bonchev–Trinajstić information content (AvgIpc) is 3.35. The standard InChI is InChI=1S/C20H20N4OS/c25-20(19-4-2-10-24(19)12-15-3-1-9-21-11-15)23-17-7-5-16(6-8-17)18-13-26-14-22-18/h1,3,5-9,11,13-14,19H,2,4,10,12H2,(H,23,25). The van der Waals surface area contributed by atoms with E-state index < -0.39 is 0 Å². The summed E-state index contributed by atoms with van der Waals surface area (Å²) in [6.07, 6.45) is 5.57. The number of carbonyl (C=O) groups is 1. The molecule has 0 radical (unpaired) electrons. The zero-order valence-corrected chi connectivity index (χ0v) is 15.2. The van der Waals surface area contributed by atoms with Crippen LogP contribution in [-0.2, 0) is 11.3 Å². The molecule has 0 saturated carbocycles. The topological polar surface area (TPSA) is 58.1 Å². The van der Waals surface area contributed by atoms with Gasteiger partial charge < -0.3 is 5.32 Å². The van der Waals surface area contributed by atoms with Crippen LogP contribution in [0, 0.1) is 0 Å². The first-order valence-corrected chi connectivity index (χ1v) is 9.66. The van der Waals surface area contributed by atoms with Gasteiger partial charge in [0.1, 0.15) is 0 Å². The van der Waals surface area contributed by atoms with Crippen LogP contribution in [0.25, 0.3) is 11.3 Å². The van der Waals surface area contributed by atoms with Gasteiger partial charge >= 0.3 is 0 Å². The van der Waals surface area contributed by atoms with Gasteiger partial charge in [0.15, 0.2) is 0 Å². The van der Waals surface area contributed by atoms with E-state index in [1.165, 1.54) is 0 Å².